The van der Waals surface area contributed by atoms with Crippen LogP contribution in [0.25, 0.3) is 0 Å². The maximum atomic E-state index is 11.5. The van der Waals surface area contributed by atoms with Crippen molar-refractivity contribution in [3.05, 3.63) is 34.4 Å². The Morgan fingerprint density at radius 2 is 1.82 bits per heavy atom. The maximum absolute atomic E-state index is 11.5. The summed E-state index contributed by atoms with van der Waals surface area (Å²) in [5.41, 5.74) is 4.95. The Morgan fingerprint density at radius 3 is 2.35 bits per heavy atom. The summed E-state index contributed by atoms with van der Waals surface area (Å²) in [6.45, 7) is 6.86. The van der Waals surface area contributed by atoms with Crippen molar-refractivity contribution in [3.63, 3.8) is 0 Å². The van der Waals surface area contributed by atoms with Gasteiger partial charge < -0.3 is 5.32 Å². The third kappa shape index (κ3) is 4.39. The molecule has 1 aromatic rings. The molecule has 0 aromatic heterocycles. The van der Waals surface area contributed by atoms with Gasteiger partial charge in [0, 0.05) is 18.8 Å². The van der Waals surface area contributed by atoms with Gasteiger partial charge in [-0.25, -0.2) is 0 Å². The number of hydrogen-bond donors (Lipinski definition) is 1. The molecule has 0 unspecified atom stereocenters. The fraction of sp³-hybridized carbons (Fsp3) is 0.500. The van der Waals surface area contributed by atoms with Crippen LogP contribution in [0.1, 0.15) is 35.1 Å². The van der Waals surface area contributed by atoms with Gasteiger partial charge in [0.2, 0.25) is 5.91 Å². The zero-order valence-corrected chi connectivity index (χ0v) is 11.5. The molecule has 0 fully saturated rings. The lowest BCUT2D eigenvalue weighted by molar-refractivity contribution is -0.121. The van der Waals surface area contributed by atoms with E-state index in [1.165, 1.54) is 22.3 Å². The average Bonchev–Trinajstić information content (AvgIpc) is 2.24. The van der Waals surface area contributed by atoms with Crippen molar-refractivity contribution in [2.24, 2.45) is 0 Å². The number of carbonyl (C=O) groups excluding carboxylic acids is 1. The van der Waals surface area contributed by atoms with E-state index < -0.39 is 0 Å². The van der Waals surface area contributed by atoms with E-state index in [2.05, 4.69) is 38.2 Å². The van der Waals surface area contributed by atoms with Crippen LogP contribution in [-0.2, 0) is 11.3 Å². The fourth-order valence-electron chi connectivity index (χ4n) is 1.99. The van der Waals surface area contributed by atoms with Gasteiger partial charge in [-0.1, -0.05) is 17.7 Å². The van der Waals surface area contributed by atoms with E-state index in [9.17, 15) is 4.79 Å². The predicted octanol–water partition coefficient (Wildman–Crippen LogP) is 3.25. The Morgan fingerprint density at radius 1 is 1.24 bits per heavy atom. The molecule has 0 aliphatic carbocycles. The van der Waals surface area contributed by atoms with Crippen molar-refractivity contribution >= 4 is 17.5 Å². The molecule has 0 saturated heterocycles. The van der Waals surface area contributed by atoms with Gasteiger partial charge in [0.25, 0.3) is 0 Å². The standard InChI is InChI=1S/C14H20ClNO/c1-10-7-11(2)13(12(3)8-10)9-16-14(17)5-4-6-15/h7-8H,4-6,9H2,1-3H3,(H,16,17). The van der Waals surface area contributed by atoms with Crippen molar-refractivity contribution < 1.29 is 4.79 Å². The monoisotopic (exact) mass is 253 g/mol. The van der Waals surface area contributed by atoms with Crippen LogP contribution < -0.4 is 5.32 Å². The van der Waals surface area contributed by atoms with E-state index in [1.54, 1.807) is 0 Å². The number of carbonyl (C=O) groups is 1. The van der Waals surface area contributed by atoms with Crippen LogP contribution in [0.2, 0.25) is 0 Å². The summed E-state index contributed by atoms with van der Waals surface area (Å²) in [5, 5.41) is 2.94. The molecule has 1 amide bonds. The van der Waals surface area contributed by atoms with Crippen LogP contribution >= 0.6 is 11.6 Å². The van der Waals surface area contributed by atoms with Crippen molar-refractivity contribution in [2.45, 2.75) is 40.2 Å². The predicted molar refractivity (Wildman–Crippen MR) is 72.5 cm³/mol. The summed E-state index contributed by atoms with van der Waals surface area (Å²) in [6, 6.07) is 4.29. The molecule has 2 nitrogen and oxygen atoms in total. The first-order chi connectivity index (χ1) is 8.04. The van der Waals surface area contributed by atoms with Gasteiger partial charge in [-0.15, -0.1) is 11.6 Å². The number of halogens is 1. The molecule has 1 N–H and O–H groups in total. The highest BCUT2D eigenvalue weighted by molar-refractivity contribution is 6.17. The zero-order chi connectivity index (χ0) is 12.8. The van der Waals surface area contributed by atoms with Gasteiger partial charge in [0.15, 0.2) is 0 Å². The van der Waals surface area contributed by atoms with Gasteiger partial charge in [-0.2, -0.15) is 0 Å². The van der Waals surface area contributed by atoms with E-state index in [1.807, 2.05) is 0 Å². The molecule has 0 aliphatic heterocycles. The highest BCUT2D eigenvalue weighted by Gasteiger charge is 2.06. The molecule has 1 aromatic carbocycles. The van der Waals surface area contributed by atoms with Crippen molar-refractivity contribution in [2.75, 3.05) is 5.88 Å². The van der Waals surface area contributed by atoms with E-state index in [-0.39, 0.29) is 5.91 Å². The minimum atomic E-state index is 0.0741. The SMILES string of the molecule is Cc1cc(C)c(CNC(=O)CCCCl)c(C)c1. The minimum absolute atomic E-state index is 0.0741. The largest absolute Gasteiger partial charge is 0.352 e. The van der Waals surface area contributed by atoms with E-state index in [4.69, 9.17) is 11.6 Å². The first kappa shape index (κ1) is 14.0. The normalized spacial score (nSPS) is 10.4. The molecule has 0 radical (unpaired) electrons. The van der Waals surface area contributed by atoms with Crippen LogP contribution in [0.3, 0.4) is 0 Å². The Bertz CT molecular complexity index is 378. The summed E-state index contributed by atoms with van der Waals surface area (Å²) < 4.78 is 0. The first-order valence-electron chi connectivity index (χ1n) is 5.94. The molecule has 0 bridgehead atoms. The van der Waals surface area contributed by atoms with Gasteiger partial charge in [-0.3, -0.25) is 4.79 Å². The van der Waals surface area contributed by atoms with Crippen LogP contribution in [0, 0.1) is 20.8 Å². The molecular weight excluding hydrogens is 234 g/mol. The maximum Gasteiger partial charge on any atom is 0.220 e. The second kappa shape index (κ2) is 6.65. The molecule has 17 heavy (non-hydrogen) atoms. The van der Waals surface area contributed by atoms with Gasteiger partial charge in [-0.05, 0) is 43.9 Å². The molecule has 0 aliphatic rings. The molecule has 3 heteroatoms. The summed E-state index contributed by atoms with van der Waals surface area (Å²) in [4.78, 5) is 11.5. The lowest BCUT2D eigenvalue weighted by atomic mass is 10.00. The summed E-state index contributed by atoms with van der Waals surface area (Å²) in [6.07, 6.45) is 1.24. The molecule has 0 heterocycles. The van der Waals surface area contributed by atoms with Crippen LogP contribution in [-0.4, -0.2) is 11.8 Å². The quantitative estimate of drug-likeness (QED) is 0.802. The minimum Gasteiger partial charge on any atom is -0.352 e. The topological polar surface area (TPSA) is 29.1 Å². The molecule has 0 saturated carbocycles. The van der Waals surface area contributed by atoms with Crippen LogP contribution in [0.15, 0.2) is 12.1 Å². The highest BCUT2D eigenvalue weighted by atomic mass is 35.5. The first-order valence-corrected chi connectivity index (χ1v) is 6.47. The lowest BCUT2D eigenvalue weighted by Gasteiger charge is -2.12. The molecule has 0 spiro atoms. The smallest absolute Gasteiger partial charge is 0.220 e. The average molecular weight is 254 g/mol. The molecular formula is C14H20ClNO. The summed E-state index contributed by atoms with van der Waals surface area (Å²) in [7, 11) is 0. The Labute approximate surface area is 108 Å². The lowest BCUT2D eigenvalue weighted by Crippen LogP contribution is -2.23. The van der Waals surface area contributed by atoms with E-state index in [0.717, 1.165) is 6.42 Å². The van der Waals surface area contributed by atoms with E-state index in [0.29, 0.717) is 18.8 Å². The Balaban J connectivity index is 2.60. The van der Waals surface area contributed by atoms with Gasteiger partial charge >= 0.3 is 0 Å². The summed E-state index contributed by atoms with van der Waals surface area (Å²) in [5.74, 6) is 0.612. The second-order valence-electron chi connectivity index (χ2n) is 4.45. The number of hydrogen-bond acceptors (Lipinski definition) is 1. The van der Waals surface area contributed by atoms with Crippen LogP contribution in [0.4, 0.5) is 0 Å². The molecule has 0 atom stereocenters. The number of aryl methyl sites for hydroxylation is 3. The second-order valence-corrected chi connectivity index (χ2v) is 4.82. The fourth-order valence-corrected chi connectivity index (χ4v) is 2.13. The van der Waals surface area contributed by atoms with Crippen LogP contribution in [0.5, 0.6) is 0 Å². The number of nitrogens with one attached hydrogen (secondary N) is 1. The summed E-state index contributed by atoms with van der Waals surface area (Å²) >= 11 is 5.55. The van der Waals surface area contributed by atoms with Gasteiger partial charge in [0.05, 0.1) is 0 Å². The zero-order valence-electron chi connectivity index (χ0n) is 10.8. The molecule has 94 valence electrons. The number of benzene rings is 1. The van der Waals surface area contributed by atoms with Crippen molar-refractivity contribution in [1.82, 2.24) is 5.32 Å². The molecule has 1 rings (SSSR count). The van der Waals surface area contributed by atoms with Crippen molar-refractivity contribution in [1.29, 1.82) is 0 Å². The highest BCUT2D eigenvalue weighted by Crippen LogP contribution is 2.16. The Kier molecular flexibility index (Phi) is 5.49. The Hall–Kier alpha value is -1.02. The number of rotatable bonds is 5. The third-order valence-corrected chi connectivity index (χ3v) is 3.11. The van der Waals surface area contributed by atoms with Gasteiger partial charge in [0.1, 0.15) is 0 Å². The third-order valence-electron chi connectivity index (χ3n) is 2.84. The van der Waals surface area contributed by atoms with E-state index >= 15 is 0 Å². The number of amides is 1. The van der Waals surface area contributed by atoms with Crippen molar-refractivity contribution in [3.8, 4) is 0 Å². The number of alkyl halides is 1.